The molecule has 1 N–H and O–H groups in total. The fourth-order valence-electron chi connectivity index (χ4n) is 3.06. The van der Waals surface area contributed by atoms with Gasteiger partial charge in [-0.3, -0.25) is 4.79 Å². The molecule has 0 atom stereocenters. The SMILES string of the molecule is COc1ccc(C(C)(C)C)cc1NC(=O)COC(=O)c1cc(OC)c2c(c1)OCCO2. The molecule has 0 aliphatic carbocycles. The summed E-state index contributed by atoms with van der Waals surface area (Å²) in [7, 11) is 2.99. The number of ether oxygens (including phenoxy) is 5. The molecule has 1 amide bonds. The third kappa shape index (κ3) is 5.20. The Kier molecular flexibility index (Phi) is 6.58. The predicted molar refractivity (Wildman–Crippen MR) is 115 cm³/mol. The smallest absolute Gasteiger partial charge is 0.338 e. The van der Waals surface area contributed by atoms with E-state index in [-0.39, 0.29) is 11.0 Å². The number of carbonyl (C=O) groups excluding carboxylic acids is 2. The number of hydrogen-bond donors (Lipinski definition) is 1. The van der Waals surface area contributed by atoms with Crippen molar-refractivity contribution in [2.75, 3.05) is 39.4 Å². The molecular formula is C23H27NO7. The zero-order valence-electron chi connectivity index (χ0n) is 18.4. The van der Waals surface area contributed by atoms with Crippen LogP contribution in [0.4, 0.5) is 5.69 Å². The number of rotatable bonds is 6. The molecule has 0 fully saturated rings. The average Bonchev–Trinajstić information content (AvgIpc) is 2.75. The Morgan fingerprint density at radius 1 is 1.00 bits per heavy atom. The summed E-state index contributed by atoms with van der Waals surface area (Å²) in [6.45, 7) is 6.52. The van der Waals surface area contributed by atoms with Crippen molar-refractivity contribution in [2.45, 2.75) is 26.2 Å². The summed E-state index contributed by atoms with van der Waals surface area (Å²) in [5, 5.41) is 2.74. The second-order valence-corrected chi connectivity index (χ2v) is 7.99. The lowest BCUT2D eigenvalue weighted by Crippen LogP contribution is -2.22. The first kappa shape index (κ1) is 22.3. The molecule has 0 radical (unpaired) electrons. The molecule has 166 valence electrons. The highest BCUT2D eigenvalue weighted by atomic mass is 16.6. The van der Waals surface area contributed by atoms with Gasteiger partial charge >= 0.3 is 5.97 Å². The number of hydrogen-bond acceptors (Lipinski definition) is 7. The minimum atomic E-state index is -0.680. The Morgan fingerprint density at radius 3 is 2.39 bits per heavy atom. The van der Waals surface area contributed by atoms with Crippen LogP contribution in [0.15, 0.2) is 30.3 Å². The monoisotopic (exact) mass is 429 g/mol. The van der Waals surface area contributed by atoms with Crippen LogP contribution < -0.4 is 24.3 Å². The lowest BCUT2D eigenvalue weighted by molar-refractivity contribution is -0.119. The summed E-state index contributed by atoms with van der Waals surface area (Å²) in [6, 6.07) is 8.59. The van der Waals surface area contributed by atoms with Gasteiger partial charge in [0.15, 0.2) is 18.1 Å². The molecule has 2 aromatic carbocycles. The second-order valence-electron chi connectivity index (χ2n) is 7.99. The van der Waals surface area contributed by atoms with Gasteiger partial charge in [-0.1, -0.05) is 26.8 Å². The van der Waals surface area contributed by atoms with E-state index in [2.05, 4.69) is 26.1 Å². The van der Waals surface area contributed by atoms with Crippen LogP contribution in [-0.4, -0.2) is 45.9 Å². The molecule has 8 nitrogen and oxygen atoms in total. The Hall–Kier alpha value is -3.42. The fourth-order valence-corrected chi connectivity index (χ4v) is 3.06. The molecule has 1 aliphatic rings. The van der Waals surface area contributed by atoms with Crippen LogP contribution in [0.5, 0.6) is 23.0 Å². The van der Waals surface area contributed by atoms with Gasteiger partial charge in [-0.15, -0.1) is 0 Å². The maximum Gasteiger partial charge on any atom is 0.338 e. The molecule has 1 aliphatic heterocycles. The largest absolute Gasteiger partial charge is 0.495 e. The van der Waals surface area contributed by atoms with Gasteiger partial charge in [-0.05, 0) is 35.2 Å². The molecule has 0 aromatic heterocycles. The highest BCUT2D eigenvalue weighted by Gasteiger charge is 2.22. The third-order valence-corrected chi connectivity index (χ3v) is 4.74. The number of benzene rings is 2. The van der Waals surface area contributed by atoms with E-state index in [1.54, 1.807) is 6.07 Å². The van der Waals surface area contributed by atoms with Crippen molar-refractivity contribution in [3.05, 3.63) is 41.5 Å². The Labute approximate surface area is 181 Å². The zero-order valence-corrected chi connectivity index (χ0v) is 18.4. The highest BCUT2D eigenvalue weighted by molar-refractivity contribution is 5.97. The number of fused-ring (bicyclic) bond motifs is 1. The average molecular weight is 429 g/mol. The van der Waals surface area contributed by atoms with E-state index in [4.69, 9.17) is 23.7 Å². The first-order valence-corrected chi connectivity index (χ1v) is 9.86. The van der Waals surface area contributed by atoms with E-state index in [0.29, 0.717) is 41.9 Å². The normalized spacial score (nSPS) is 12.7. The van der Waals surface area contributed by atoms with Crippen LogP contribution in [0, 0.1) is 0 Å². The molecule has 8 heteroatoms. The minimum absolute atomic E-state index is 0.102. The van der Waals surface area contributed by atoms with E-state index in [9.17, 15) is 9.59 Å². The van der Waals surface area contributed by atoms with Crippen LogP contribution in [0.1, 0.15) is 36.7 Å². The molecule has 2 aromatic rings. The number of carbonyl (C=O) groups is 2. The topological polar surface area (TPSA) is 92.3 Å². The van der Waals surface area contributed by atoms with E-state index >= 15 is 0 Å². The number of methoxy groups -OCH3 is 2. The molecule has 0 unspecified atom stereocenters. The first-order chi connectivity index (χ1) is 14.7. The number of amides is 1. The van der Waals surface area contributed by atoms with Crippen LogP contribution in [0.25, 0.3) is 0 Å². The van der Waals surface area contributed by atoms with Gasteiger partial charge in [0.1, 0.15) is 19.0 Å². The van der Waals surface area contributed by atoms with Gasteiger partial charge in [0, 0.05) is 0 Å². The zero-order chi connectivity index (χ0) is 22.6. The standard InChI is InChI=1S/C23H27NO7/c1-23(2,3)15-6-7-17(27-4)16(12-15)24-20(25)13-31-22(26)14-10-18(28-5)21-19(11-14)29-8-9-30-21/h6-7,10-12H,8-9,13H2,1-5H3,(H,24,25). The van der Waals surface area contributed by atoms with Crippen molar-refractivity contribution in [2.24, 2.45) is 0 Å². The van der Waals surface area contributed by atoms with Gasteiger partial charge in [-0.25, -0.2) is 4.79 Å². The number of esters is 1. The van der Waals surface area contributed by atoms with Gasteiger partial charge in [0.25, 0.3) is 5.91 Å². The van der Waals surface area contributed by atoms with Crippen molar-refractivity contribution in [1.29, 1.82) is 0 Å². The van der Waals surface area contributed by atoms with Gasteiger partial charge < -0.3 is 29.0 Å². The predicted octanol–water partition coefficient (Wildman–Crippen LogP) is 3.57. The summed E-state index contributed by atoms with van der Waals surface area (Å²) >= 11 is 0. The lowest BCUT2D eigenvalue weighted by atomic mass is 9.87. The summed E-state index contributed by atoms with van der Waals surface area (Å²) in [5.74, 6) is 0.546. The fraction of sp³-hybridized carbons (Fsp3) is 0.391. The number of anilines is 1. The quantitative estimate of drug-likeness (QED) is 0.702. The Bertz CT molecular complexity index is 961. The van der Waals surface area contributed by atoms with Crippen molar-refractivity contribution in [1.82, 2.24) is 0 Å². The summed E-state index contributed by atoms with van der Waals surface area (Å²) in [5.41, 5.74) is 1.64. The summed E-state index contributed by atoms with van der Waals surface area (Å²) in [6.07, 6.45) is 0. The van der Waals surface area contributed by atoms with Crippen molar-refractivity contribution < 1.29 is 33.3 Å². The summed E-state index contributed by atoms with van der Waals surface area (Å²) < 4.78 is 26.8. The van der Waals surface area contributed by atoms with Gasteiger partial charge in [0.05, 0.1) is 25.5 Å². The highest BCUT2D eigenvalue weighted by Crippen LogP contribution is 2.40. The molecule has 3 rings (SSSR count). The number of nitrogens with one attached hydrogen (secondary N) is 1. The van der Waals surface area contributed by atoms with Gasteiger partial charge in [0.2, 0.25) is 5.75 Å². The van der Waals surface area contributed by atoms with E-state index in [0.717, 1.165) is 5.56 Å². The maximum atomic E-state index is 12.5. The molecule has 0 saturated carbocycles. The van der Waals surface area contributed by atoms with Crippen LogP contribution in [0.2, 0.25) is 0 Å². The molecule has 1 heterocycles. The molecule has 0 spiro atoms. The molecule has 0 saturated heterocycles. The first-order valence-electron chi connectivity index (χ1n) is 9.86. The van der Waals surface area contributed by atoms with E-state index < -0.39 is 18.5 Å². The minimum Gasteiger partial charge on any atom is -0.495 e. The Morgan fingerprint density at radius 2 is 1.71 bits per heavy atom. The molecular weight excluding hydrogens is 402 g/mol. The van der Waals surface area contributed by atoms with Gasteiger partial charge in [-0.2, -0.15) is 0 Å². The van der Waals surface area contributed by atoms with Crippen molar-refractivity contribution >= 4 is 17.6 Å². The molecule has 31 heavy (non-hydrogen) atoms. The van der Waals surface area contributed by atoms with Crippen LogP contribution in [-0.2, 0) is 14.9 Å². The Balaban J connectivity index is 1.68. The van der Waals surface area contributed by atoms with Crippen LogP contribution >= 0.6 is 0 Å². The van der Waals surface area contributed by atoms with E-state index in [1.165, 1.54) is 26.4 Å². The maximum absolute atomic E-state index is 12.5. The lowest BCUT2D eigenvalue weighted by Gasteiger charge is -2.21. The van der Waals surface area contributed by atoms with Crippen LogP contribution in [0.3, 0.4) is 0 Å². The van der Waals surface area contributed by atoms with E-state index in [1.807, 2.05) is 12.1 Å². The third-order valence-electron chi connectivity index (χ3n) is 4.74. The summed E-state index contributed by atoms with van der Waals surface area (Å²) in [4.78, 5) is 24.9. The second kappa shape index (κ2) is 9.16. The molecule has 0 bridgehead atoms. The van der Waals surface area contributed by atoms with Crippen molar-refractivity contribution in [3.8, 4) is 23.0 Å². The van der Waals surface area contributed by atoms with Crippen molar-refractivity contribution in [3.63, 3.8) is 0 Å².